The van der Waals surface area contributed by atoms with Crippen molar-refractivity contribution in [2.24, 2.45) is 0 Å². The van der Waals surface area contributed by atoms with E-state index in [9.17, 15) is 24.5 Å². The molecule has 1 saturated heterocycles. The van der Waals surface area contributed by atoms with E-state index in [2.05, 4.69) is 5.32 Å². The summed E-state index contributed by atoms with van der Waals surface area (Å²) >= 11 is 0.753. The van der Waals surface area contributed by atoms with E-state index in [0.717, 1.165) is 28.6 Å². The number of hydrogen-bond acceptors (Lipinski definition) is 6. The Labute approximate surface area is 205 Å². The summed E-state index contributed by atoms with van der Waals surface area (Å²) in [5.41, 5.74) is 2.84. The predicted octanol–water partition coefficient (Wildman–Crippen LogP) is 4.68. The average Bonchev–Trinajstić information content (AvgIpc) is 3.38. The molecule has 0 atom stereocenters. The van der Waals surface area contributed by atoms with Gasteiger partial charge in [-0.1, -0.05) is 37.3 Å². The minimum absolute atomic E-state index is 0.00261. The third-order valence-electron chi connectivity index (χ3n) is 5.49. The van der Waals surface area contributed by atoms with Crippen LogP contribution in [0.4, 0.5) is 16.2 Å². The van der Waals surface area contributed by atoms with Gasteiger partial charge in [0.15, 0.2) is 0 Å². The van der Waals surface area contributed by atoms with E-state index in [4.69, 9.17) is 0 Å². The summed E-state index contributed by atoms with van der Waals surface area (Å²) < 4.78 is 1.75. The van der Waals surface area contributed by atoms with E-state index in [1.54, 1.807) is 59.3 Å². The number of aryl methyl sites for hydroxylation is 1. The Morgan fingerprint density at radius 2 is 1.83 bits per heavy atom. The average molecular weight is 491 g/mol. The lowest BCUT2D eigenvalue weighted by molar-refractivity contribution is -0.385. The summed E-state index contributed by atoms with van der Waals surface area (Å²) in [7, 11) is 0. The van der Waals surface area contributed by atoms with Crippen LogP contribution in [-0.4, -0.2) is 38.0 Å². The normalized spacial score (nSPS) is 14.5. The smallest absolute Gasteiger partial charge is 0.294 e. The first-order valence-electron chi connectivity index (χ1n) is 10.9. The molecule has 178 valence electrons. The predicted molar refractivity (Wildman–Crippen MR) is 134 cm³/mol. The largest absolute Gasteiger partial charge is 0.343 e. The number of rotatable bonds is 8. The molecule has 0 aliphatic carbocycles. The molecule has 1 aliphatic heterocycles. The zero-order valence-electron chi connectivity index (χ0n) is 18.8. The van der Waals surface area contributed by atoms with Crippen LogP contribution in [0.3, 0.4) is 0 Å². The SMILES string of the molecule is CCc1ccc(NC(=O)CN2C(=O)S/C(=C/c3cccn3Cc3ccccc3[N+](=O)[O-])C2=O)cc1. The first-order chi connectivity index (χ1) is 16.9. The molecular weight excluding hydrogens is 468 g/mol. The lowest BCUT2D eigenvalue weighted by atomic mass is 10.1. The maximum Gasteiger partial charge on any atom is 0.294 e. The highest BCUT2D eigenvalue weighted by Crippen LogP contribution is 2.32. The topological polar surface area (TPSA) is 115 Å². The van der Waals surface area contributed by atoms with Gasteiger partial charge in [0, 0.05) is 29.2 Å². The molecule has 0 spiro atoms. The maximum absolute atomic E-state index is 12.9. The van der Waals surface area contributed by atoms with Gasteiger partial charge in [-0.15, -0.1) is 0 Å². The van der Waals surface area contributed by atoms with Crippen LogP contribution in [0.15, 0.2) is 71.8 Å². The number of thioether (sulfide) groups is 1. The first-order valence-corrected chi connectivity index (χ1v) is 11.7. The van der Waals surface area contributed by atoms with Crippen molar-refractivity contribution in [2.75, 3.05) is 11.9 Å². The van der Waals surface area contributed by atoms with Crippen molar-refractivity contribution in [1.29, 1.82) is 0 Å². The van der Waals surface area contributed by atoms with Crippen LogP contribution in [-0.2, 0) is 22.6 Å². The summed E-state index contributed by atoms with van der Waals surface area (Å²) in [5, 5.41) is 13.5. The summed E-state index contributed by atoms with van der Waals surface area (Å²) in [6.07, 6.45) is 4.17. The standard InChI is InChI=1S/C25H22N4O5S/c1-2-17-9-11-19(12-10-17)26-23(30)16-28-24(31)22(35-25(28)32)14-20-7-5-13-27(20)15-18-6-3-4-8-21(18)29(33)34/h3-14H,2,15-16H2,1H3,(H,26,30)/b22-14+. The maximum atomic E-state index is 12.9. The molecule has 1 N–H and O–H groups in total. The molecule has 3 aromatic rings. The molecule has 2 aromatic carbocycles. The zero-order valence-corrected chi connectivity index (χ0v) is 19.7. The molecule has 9 nitrogen and oxygen atoms in total. The Balaban J connectivity index is 1.46. The lowest BCUT2D eigenvalue weighted by Crippen LogP contribution is -2.36. The summed E-state index contributed by atoms with van der Waals surface area (Å²) in [5.74, 6) is -1.03. The molecule has 4 rings (SSSR count). The van der Waals surface area contributed by atoms with Crippen LogP contribution < -0.4 is 5.32 Å². The van der Waals surface area contributed by atoms with Crippen LogP contribution in [0.5, 0.6) is 0 Å². The van der Waals surface area contributed by atoms with E-state index in [1.807, 2.05) is 19.1 Å². The van der Waals surface area contributed by atoms with Gasteiger partial charge < -0.3 is 9.88 Å². The van der Waals surface area contributed by atoms with E-state index in [0.29, 0.717) is 16.9 Å². The molecule has 0 bridgehead atoms. The Hall–Kier alpha value is -4.18. The fourth-order valence-electron chi connectivity index (χ4n) is 3.65. The molecule has 35 heavy (non-hydrogen) atoms. The zero-order chi connectivity index (χ0) is 24.9. The number of nitrogens with zero attached hydrogens (tertiary/aromatic N) is 3. The monoisotopic (exact) mass is 490 g/mol. The van der Waals surface area contributed by atoms with Crippen molar-refractivity contribution < 1.29 is 19.3 Å². The van der Waals surface area contributed by atoms with Gasteiger partial charge in [-0.25, -0.2) is 0 Å². The number of imide groups is 1. The molecule has 0 saturated carbocycles. The highest BCUT2D eigenvalue weighted by atomic mass is 32.2. The number of aromatic nitrogens is 1. The number of nitro benzene ring substituents is 1. The minimum atomic E-state index is -0.560. The van der Waals surface area contributed by atoms with Crippen molar-refractivity contribution in [1.82, 2.24) is 9.47 Å². The fraction of sp³-hybridized carbons (Fsp3) is 0.160. The van der Waals surface area contributed by atoms with Crippen LogP contribution in [0.1, 0.15) is 23.7 Å². The second-order valence-corrected chi connectivity index (χ2v) is 8.81. The number of anilines is 1. The highest BCUT2D eigenvalue weighted by Gasteiger charge is 2.36. The van der Waals surface area contributed by atoms with Crippen molar-refractivity contribution in [2.45, 2.75) is 19.9 Å². The van der Waals surface area contributed by atoms with Gasteiger partial charge in [0.05, 0.1) is 16.4 Å². The molecule has 1 aliphatic rings. The summed E-state index contributed by atoms with van der Waals surface area (Å²) in [6.45, 7) is 1.86. The molecule has 2 heterocycles. The van der Waals surface area contributed by atoms with Crippen LogP contribution in [0.25, 0.3) is 6.08 Å². The third kappa shape index (κ3) is 5.49. The van der Waals surface area contributed by atoms with Gasteiger partial charge in [0.1, 0.15) is 6.54 Å². The summed E-state index contributed by atoms with van der Waals surface area (Å²) in [4.78, 5) is 49.7. The minimum Gasteiger partial charge on any atom is -0.343 e. The first kappa shape index (κ1) is 24.0. The van der Waals surface area contributed by atoms with Crippen LogP contribution >= 0.6 is 11.8 Å². The number of amides is 3. The Morgan fingerprint density at radius 1 is 1.09 bits per heavy atom. The summed E-state index contributed by atoms with van der Waals surface area (Å²) in [6, 6.07) is 17.3. The van der Waals surface area contributed by atoms with Gasteiger partial charge in [-0.05, 0) is 54.1 Å². The van der Waals surface area contributed by atoms with Crippen LogP contribution in [0, 0.1) is 10.1 Å². The molecule has 3 amide bonds. The Kier molecular flexibility index (Phi) is 7.11. The molecular formula is C25H22N4O5S. The molecule has 10 heteroatoms. The van der Waals surface area contributed by atoms with Gasteiger partial charge in [0.2, 0.25) is 5.91 Å². The number of hydrogen-bond donors (Lipinski definition) is 1. The second kappa shape index (κ2) is 10.4. The van der Waals surface area contributed by atoms with E-state index in [1.165, 1.54) is 6.07 Å². The number of benzene rings is 2. The molecule has 0 radical (unpaired) electrons. The number of carbonyl (C=O) groups excluding carboxylic acids is 3. The molecule has 1 fully saturated rings. The molecule has 1 aromatic heterocycles. The van der Waals surface area contributed by atoms with Gasteiger partial charge in [-0.3, -0.25) is 29.4 Å². The van der Waals surface area contributed by atoms with E-state index in [-0.39, 0.29) is 17.1 Å². The fourth-order valence-corrected chi connectivity index (χ4v) is 4.47. The van der Waals surface area contributed by atoms with Crippen molar-refractivity contribution >= 4 is 46.3 Å². The number of para-hydroxylation sites is 1. The van der Waals surface area contributed by atoms with Crippen molar-refractivity contribution in [3.8, 4) is 0 Å². The quantitative estimate of drug-likeness (QED) is 0.279. The Morgan fingerprint density at radius 3 is 2.54 bits per heavy atom. The van der Waals surface area contributed by atoms with Crippen molar-refractivity contribution in [3.05, 3.63) is 98.7 Å². The Bertz CT molecular complexity index is 1330. The number of carbonyl (C=O) groups is 3. The second-order valence-electron chi connectivity index (χ2n) is 7.81. The molecule has 0 unspecified atom stereocenters. The van der Waals surface area contributed by atoms with E-state index >= 15 is 0 Å². The number of nitrogens with one attached hydrogen (secondary N) is 1. The van der Waals surface area contributed by atoms with Gasteiger partial charge in [0.25, 0.3) is 16.8 Å². The van der Waals surface area contributed by atoms with E-state index < -0.39 is 28.5 Å². The van der Waals surface area contributed by atoms with Crippen LogP contribution in [0.2, 0.25) is 0 Å². The van der Waals surface area contributed by atoms with Crippen molar-refractivity contribution in [3.63, 3.8) is 0 Å². The number of nitro groups is 1. The lowest BCUT2D eigenvalue weighted by Gasteiger charge is -2.12. The highest BCUT2D eigenvalue weighted by molar-refractivity contribution is 8.18. The van der Waals surface area contributed by atoms with Gasteiger partial charge in [-0.2, -0.15) is 0 Å². The third-order valence-corrected chi connectivity index (χ3v) is 6.40. The van der Waals surface area contributed by atoms with Gasteiger partial charge >= 0.3 is 0 Å².